The highest BCUT2D eigenvalue weighted by atomic mass is 16.1. The van der Waals surface area contributed by atoms with Crippen LogP contribution in [0, 0.1) is 5.92 Å². The number of nitrogens with one attached hydrogen (secondary N) is 2. The number of hydrogen-bond donors (Lipinski definition) is 2. The Morgan fingerprint density at radius 1 is 1.50 bits per heavy atom. The molecular formula is C12H25N3O. The van der Waals surface area contributed by atoms with Gasteiger partial charge in [0.05, 0.1) is 0 Å². The number of carbonyl (C=O) groups is 1. The molecular weight excluding hydrogens is 202 g/mol. The topological polar surface area (TPSA) is 44.4 Å². The van der Waals surface area contributed by atoms with E-state index in [1.807, 2.05) is 14.0 Å². The Labute approximate surface area is 98.8 Å². The number of carbonyl (C=O) groups excluding carboxylic acids is 1. The van der Waals surface area contributed by atoms with Gasteiger partial charge in [0.2, 0.25) is 5.91 Å². The van der Waals surface area contributed by atoms with E-state index in [1.54, 1.807) is 0 Å². The monoisotopic (exact) mass is 227 g/mol. The first-order valence-electron chi connectivity index (χ1n) is 6.35. The van der Waals surface area contributed by atoms with Gasteiger partial charge in [0.1, 0.15) is 0 Å². The molecule has 1 amide bonds. The van der Waals surface area contributed by atoms with Crippen LogP contribution in [0.3, 0.4) is 0 Å². The van der Waals surface area contributed by atoms with Gasteiger partial charge in [-0.2, -0.15) is 0 Å². The molecule has 1 rings (SSSR count). The molecule has 1 atom stereocenters. The molecule has 0 aromatic carbocycles. The van der Waals surface area contributed by atoms with Crippen molar-refractivity contribution in [2.75, 3.05) is 33.2 Å². The maximum Gasteiger partial charge on any atom is 0.224 e. The molecule has 0 aromatic rings. The molecule has 2 N–H and O–H groups in total. The van der Waals surface area contributed by atoms with Gasteiger partial charge in [0.15, 0.2) is 0 Å². The standard InChI is InChI=1S/C12H25N3O/c1-4-15(11-5-6-11)8-7-14-12(16)10(2)9-13-3/h10-11,13H,4-9H2,1-3H3,(H,14,16). The van der Waals surface area contributed by atoms with Gasteiger partial charge in [0.25, 0.3) is 0 Å². The lowest BCUT2D eigenvalue weighted by Gasteiger charge is -2.20. The van der Waals surface area contributed by atoms with E-state index < -0.39 is 0 Å². The van der Waals surface area contributed by atoms with E-state index in [-0.39, 0.29) is 11.8 Å². The number of amides is 1. The van der Waals surface area contributed by atoms with Gasteiger partial charge in [-0.3, -0.25) is 9.69 Å². The van der Waals surface area contributed by atoms with Crippen LogP contribution in [-0.4, -0.2) is 50.1 Å². The first kappa shape index (κ1) is 13.5. The summed E-state index contributed by atoms with van der Waals surface area (Å²) in [5, 5.41) is 6.01. The predicted molar refractivity (Wildman–Crippen MR) is 66.4 cm³/mol. The van der Waals surface area contributed by atoms with Crippen LogP contribution in [-0.2, 0) is 4.79 Å². The molecule has 0 radical (unpaired) electrons. The Kier molecular flexibility index (Phi) is 5.77. The lowest BCUT2D eigenvalue weighted by atomic mass is 10.1. The van der Waals surface area contributed by atoms with Crippen LogP contribution in [0.5, 0.6) is 0 Å². The summed E-state index contributed by atoms with van der Waals surface area (Å²) in [5.41, 5.74) is 0. The van der Waals surface area contributed by atoms with Gasteiger partial charge < -0.3 is 10.6 Å². The Balaban J connectivity index is 2.11. The van der Waals surface area contributed by atoms with Crippen LogP contribution in [0.1, 0.15) is 26.7 Å². The normalized spacial score (nSPS) is 17.5. The van der Waals surface area contributed by atoms with Crippen molar-refractivity contribution in [1.82, 2.24) is 15.5 Å². The smallest absolute Gasteiger partial charge is 0.224 e. The molecule has 0 saturated heterocycles. The highest BCUT2D eigenvalue weighted by Crippen LogP contribution is 2.25. The van der Waals surface area contributed by atoms with Crippen LogP contribution in [0.25, 0.3) is 0 Å². The van der Waals surface area contributed by atoms with Crippen molar-refractivity contribution in [3.05, 3.63) is 0 Å². The second-order valence-electron chi connectivity index (χ2n) is 4.61. The lowest BCUT2D eigenvalue weighted by molar-refractivity contribution is -0.124. The van der Waals surface area contributed by atoms with Gasteiger partial charge in [-0.15, -0.1) is 0 Å². The molecule has 4 heteroatoms. The van der Waals surface area contributed by atoms with Crippen molar-refractivity contribution in [2.24, 2.45) is 5.92 Å². The molecule has 94 valence electrons. The Hall–Kier alpha value is -0.610. The van der Waals surface area contributed by atoms with E-state index in [0.717, 1.165) is 32.2 Å². The van der Waals surface area contributed by atoms with Crippen LogP contribution < -0.4 is 10.6 Å². The number of rotatable bonds is 8. The summed E-state index contributed by atoms with van der Waals surface area (Å²) in [6.07, 6.45) is 2.66. The van der Waals surface area contributed by atoms with E-state index in [2.05, 4.69) is 22.5 Å². The van der Waals surface area contributed by atoms with Crippen LogP contribution >= 0.6 is 0 Å². The Bertz CT molecular complexity index is 216. The fourth-order valence-electron chi connectivity index (χ4n) is 1.93. The van der Waals surface area contributed by atoms with Gasteiger partial charge in [-0.05, 0) is 26.4 Å². The van der Waals surface area contributed by atoms with Crippen molar-refractivity contribution >= 4 is 5.91 Å². The first-order valence-corrected chi connectivity index (χ1v) is 6.35. The highest BCUT2D eigenvalue weighted by molar-refractivity contribution is 5.78. The zero-order valence-electron chi connectivity index (χ0n) is 10.8. The molecule has 0 heterocycles. The van der Waals surface area contributed by atoms with E-state index in [1.165, 1.54) is 12.8 Å². The highest BCUT2D eigenvalue weighted by Gasteiger charge is 2.27. The van der Waals surface area contributed by atoms with Gasteiger partial charge in [-0.25, -0.2) is 0 Å². The Morgan fingerprint density at radius 3 is 2.69 bits per heavy atom. The predicted octanol–water partition coefficient (Wildman–Crippen LogP) is 0.442. The van der Waals surface area contributed by atoms with Crippen molar-refractivity contribution in [2.45, 2.75) is 32.7 Å². The molecule has 0 spiro atoms. The average Bonchev–Trinajstić information content (AvgIpc) is 3.08. The first-order chi connectivity index (χ1) is 7.69. The van der Waals surface area contributed by atoms with Crippen molar-refractivity contribution in [3.63, 3.8) is 0 Å². The molecule has 1 unspecified atom stereocenters. The third-order valence-corrected chi connectivity index (χ3v) is 3.13. The van der Waals surface area contributed by atoms with E-state index >= 15 is 0 Å². The minimum Gasteiger partial charge on any atom is -0.355 e. The van der Waals surface area contributed by atoms with Crippen LogP contribution in [0.4, 0.5) is 0 Å². The quantitative estimate of drug-likeness (QED) is 0.632. The SMILES string of the molecule is CCN(CCNC(=O)C(C)CNC)C1CC1. The van der Waals surface area contributed by atoms with Crippen LogP contribution in [0.2, 0.25) is 0 Å². The molecule has 1 aliphatic rings. The zero-order chi connectivity index (χ0) is 12.0. The molecule has 1 saturated carbocycles. The maximum absolute atomic E-state index is 11.6. The summed E-state index contributed by atoms with van der Waals surface area (Å²) < 4.78 is 0. The van der Waals surface area contributed by atoms with Gasteiger partial charge in [0, 0.05) is 31.6 Å². The molecule has 0 aliphatic heterocycles. The minimum atomic E-state index is 0.0565. The molecule has 4 nitrogen and oxygen atoms in total. The van der Waals surface area contributed by atoms with E-state index in [9.17, 15) is 4.79 Å². The summed E-state index contributed by atoms with van der Waals surface area (Å²) in [5.74, 6) is 0.210. The number of nitrogens with zero attached hydrogens (tertiary/aromatic N) is 1. The third-order valence-electron chi connectivity index (χ3n) is 3.13. The maximum atomic E-state index is 11.6. The minimum absolute atomic E-state index is 0.0565. The number of likely N-dealkylation sites (N-methyl/N-ethyl adjacent to an activating group) is 1. The third kappa shape index (κ3) is 4.49. The summed E-state index contributed by atoms with van der Waals surface area (Å²) >= 11 is 0. The second kappa shape index (κ2) is 6.86. The zero-order valence-corrected chi connectivity index (χ0v) is 10.8. The van der Waals surface area contributed by atoms with Crippen molar-refractivity contribution in [1.29, 1.82) is 0 Å². The van der Waals surface area contributed by atoms with E-state index in [4.69, 9.17) is 0 Å². The number of hydrogen-bond acceptors (Lipinski definition) is 3. The largest absolute Gasteiger partial charge is 0.355 e. The Morgan fingerprint density at radius 2 is 2.19 bits per heavy atom. The fraction of sp³-hybridized carbons (Fsp3) is 0.917. The average molecular weight is 227 g/mol. The van der Waals surface area contributed by atoms with E-state index in [0.29, 0.717) is 0 Å². The summed E-state index contributed by atoms with van der Waals surface area (Å²) in [7, 11) is 1.87. The summed E-state index contributed by atoms with van der Waals surface area (Å²) in [4.78, 5) is 14.1. The molecule has 0 bridgehead atoms. The molecule has 0 aromatic heterocycles. The molecule has 1 aliphatic carbocycles. The van der Waals surface area contributed by atoms with Crippen LogP contribution in [0.15, 0.2) is 0 Å². The lowest BCUT2D eigenvalue weighted by Crippen LogP contribution is -2.39. The second-order valence-corrected chi connectivity index (χ2v) is 4.61. The van der Waals surface area contributed by atoms with Crippen molar-refractivity contribution < 1.29 is 4.79 Å². The molecule has 1 fully saturated rings. The van der Waals surface area contributed by atoms with Crippen molar-refractivity contribution in [3.8, 4) is 0 Å². The summed E-state index contributed by atoms with van der Waals surface area (Å²) in [6.45, 7) is 7.73. The molecule has 16 heavy (non-hydrogen) atoms. The summed E-state index contributed by atoms with van der Waals surface area (Å²) in [6, 6.07) is 0.789. The van der Waals surface area contributed by atoms with Gasteiger partial charge in [-0.1, -0.05) is 13.8 Å². The fourth-order valence-corrected chi connectivity index (χ4v) is 1.93. The van der Waals surface area contributed by atoms with Gasteiger partial charge >= 0.3 is 0 Å².